The average Bonchev–Trinajstić information content (AvgIpc) is 2.92. The van der Waals surface area contributed by atoms with Crippen molar-refractivity contribution in [3.05, 3.63) is 77.9 Å². The Morgan fingerprint density at radius 3 is 2.39 bits per heavy atom. The molecular formula is C25H32N2O3S. The van der Waals surface area contributed by atoms with Crippen LogP contribution in [-0.2, 0) is 15.5 Å². The Labute approximate surface area is 186 Å². The number of benzene rings is 2. The van der Waals surface area contributed by atoms with Crippen LogP contribution in [0.25, 0.3) is 6.08 Å². The molecule has 1 aliphatic heterocycles. The summed E-state index contributed by atoms with van der Waals surface area (Å²) in [5, 5.41) is 0. The highest BCUT2D eigenvalue weighted by Crippen LogP contribution is 2.36. The minimum Gasteiger partial charge on any atom is -0.748 e. The summed E-state index contributed by atoms with van der Waals surface area (Å²) in [6.07, 6.45) is 8.75. The molecule has 2 atom stereocenters. The molecule has 0 aliphatic carbocycles. The summed E-state index contributed by atoms with van der Waals surface area (Å²) < 4.78 is 33.2. The van der Waals surface area contributed by atoms with Crippen LogP contribution in [0.3, 0.4) is 0 Å². The van der Waals surface area contributed by atoms with E-state index >= 15 is 0 Å². The zero-order valence-corrected chi connectivity index (χ0v) is 19.5. The Kier molecular flexibility index (Phi) is 7.04. The minimum atomic E-state index is -4.20. The first-order valence-corrected chi connectivity index (χ1v) is 12.2. The van der Waals surface area contributed by atoms with Crippen molar-refractivity contribution in [3.8, 4) is 0 Å². The molecule has 3 rings (SSSR count). The van der Waals surface area contributed by atoms with E-state index in [4.69, 9.17) is 0 Å². The minimum absolute atomic E-state index is 0.0973. The molecule has 5 nitrogen and oxygen atoms in total. The number of para-hydroxylation sites is 1. The Morgan fingerprint density at radius 2 is 1.74 bits per heavy atom. The monoisotopic (exact) mass is 440 g/mol. The molecule has 2 aromatic carbocycles. The van der Waals surface area contributed by atoms with Crippen LogP contribution in [-0.4, -0.2) is 45.4 Å². The Morgan fingerprint density at radius 1 is 1.06 bits per heavy atom. The normalized spacial score (nSPS) is 20.4. The van der Waals surface area contributed by atoms with Crippen LogP contribution >= 0.6 is 0 Å². The predicted octanol–water partition coefficient (Wildman–Crippen LogP) is 3.13. The van der Waals surface area contributed by atoms with Gasteiger partial charge in [0.05, 0.1) is 22.1 Å². The van der Waals surface area contributed by atoms with Gasteiger partial charge in [-0.3, -0.25) is 4.90 Å². The fourth-order valence-electron chi connectivity index (χ4n) is 4.41. The fraction of sp³-hybridized carbons (Fsp3) is 0.360. The second-order valence-electron chi connectivity index (χ2n) is 8.87. The summed E-state index contributed by atoms with van der Waals surface area (Å²) in [6, 6.07) is 16.8. The fourth-order valence-corrected chi connectivity index (χ4v) is 4.91. The number of rotatable bonds is 8. The van der Waals surface area contributed by atoms with E-state index in [1.807, 2.05) is 32.3 Å². The highest BCUT2D eigenvalue weighted by atomic mass is 32.2. The molecule has 1 N–H and O–H groups in total. The zero-order valence-electron chi connectivity index (χ0n) is 18.7. The molecule has 166 valence electrons. The van der Waals surface area contributed by atoms with Gasteiger partial charge in [0.2, 0.25) is 0 Å². The van der Waals surface area contributed by atoms with Crippen molar-refractivity contribution >= 4 is 27.6 Å². The third-order valence-electron chi connectivity index (χ3n) is 6.07. The maximum absolute atomic E-state index is 11.1. The van der Waals surface area contributed by atoms with Crippen LogP contribution in [0.4, 0.5) is 11.4 Å². The maximum atomic E-state index is 11.1. The number of anilines is 1. The van der Waals surface area contributed by atoms with E-state index in [0.717, 1.165) is 11.3 Å². The average molecular weight is 441 g/mol. The number of nitrogens with one attached hydrogen (secondary N) is 1. The number of hydrogen-bond donors (Lipinski definition) is 1. The molecule has 6 heteroatoms. The van der Waals surface area contributed by atoms with Gasteiger partial charge in [-0.1, -0.05) is 48.6 Å². The van der Waals surface area contributed by atoms with E-state index in [2.05, 4.69) is 73.4 Å². The van der Waals surface area contributed by atoms with Crippen molar-refractivity contribution in [2.45, 2.75) is 31.7 Å². The first-order valence-electron chi connectivity index (χ1n) is 10.6. The van der Waals surface area contributed by atoms with Crippen LogP contribution in [0.15, 0.2) is 66.8 Å². The highest BCUT2D eigenvalue weighted by Gasteiger charge is 2.47. The standard InChI is InChI=1S/C25H32N2O3S/c1-25(2)22-11-6-7-12-23(22)27(18-9-19-31(28,29)30)24(25)13-8-5-10-20-14-16-21(17-15-20)26(3)4/h5-8,10-17,24H,9,18-19H2,1-4H3,(H,28,29,30). The van der Waals surface area contributed by atoms with E-state index in [1.165, 1.54) is 16.2 Å². The maximum Gasteiger partial charge on any atom is 0.135 e. The van der Waals surface area contributed by atoms with E-state index < -0.39 is 10.1 Å². The molecular weight excluding hydrogens is 408 g/mol. The van der Waals surface area contributed by atoms with Crippen LogP contribution in [0, 0.1) is 0 Å². The first-order chi connectivity index (χ1) is 14.6. The van der Waals surface area contributed by atoms with Crippen LogP contribution in [0.2, 0.25) is 0 Å². The second kappa shape index (κ2) is 9.39. The zero-order chi connectivity index (χ0) is 22.6. The molecule has 0 spiro atoms. The van der Waals surface area contributed by atoms with Crippen LogP contribution in [0.5, 0.6) is 0 Å². The van der Waals surface area contributed by atoms with Crippen molar-refractivity contribution in [2.75, 3.05) is 31.3 Å². The van der Waals surface area contributed by atoms with Gasteiger partial charge in [-0.05, 0) is 43.7 Å². The molecule has 0 saturated carbocycles. The molecule has 1 heterocycles. The van der Waals surface area contributed by atoms with Gasteiger partial charge in [-0.2, -0.15) is 0 Å². The molecule has 2 unspecified atom stereocenters. The topological polar surface area (TPSA) is 64.9 Å². The van der Waals surface area contributed by atoms with Crippen LogP contribution < -0.4 is 9.80 Å². The van der Waals surface area contributed by atoms with E-state index in [9.17, 15) is 13.0 Å². The third-order valence-corrected chi connectivity index (χ3v) is 6.86. The molecule has 0 radical (unpaired) electrons. The molecule has 0 amide bonds. The van der Waals surface area contributed by atoms with Crippen molar-refractivity contribution in [3.63, 3.8) is 0 Å². The SMILES string of the molecule is CN(C)c1ccc(C=CC=CC2[NH+](CCCS(=O)(=O)[O-])c3ccccc3C2(C)C)cc1. The van der Waals surface area contributed by atoms with E-state index in [-0.39, 0.29) is 17.2 Å². The number of hydrogen-bond acceptors (Lipinski definition) is 4. The third kappa shape index (κ3) is 5.64. The number of quaternary nitrogens is 1. The lowest BCUT2D eigenvalue weighted by Gasteiger charge is -2.27. The molecule has 0 fully saturated rings. The quantitative estimate of drug-likeness (QED) is 0.506. The summed E-state index contributed by atoms with van der Waals surface area (Å²) in [7, 11) is -0.148. The van der Waals surface area contributed by atoms with Gasteiger partial charge in [0.1, 0.15) is 11.7 Å². The Bertz CT molecular complexity index is 1050. The predicted molar refractivity (Wildman–Crippen MR) is 127 cm³/mol. The van der Waals surface area contributed by atoms with Crippen molar-refractivity contribution in [1.82, 2.24) is 0 Å². The number of allylic oxidation sites excluding steroid dienone is 2. The second-order valence-corrected chi connectivity index (χ2v) is 10.4. The number of nitrogens with zero attached hydrogens (tertiary/aromatic N) is 1. The lowest BCUT2D eigenvalue weighted by molar-refractivity contribution is -0.850. The highest BCUT2D eigenvalue weighted by molar-refractivity contribution is 7.85. The summed E-state index contributed by atoms with van der Waals surface area (Å²) in [4.78, 5) is 3.28. The molecule has 2 aromatic rings. The summed E-state index contributed by atoms with van der Waals surface area (Å²) >= 11 is 0. The van der Waals surface area contributed by atoms with Gasteiger partial charge in [0.25, 0.3) is 0 Å². The molecule has 0 saturated heterocycles. The Hall–Kier alpha value is -2.41. The molecule has 0 aromatic heterocycles. The molecule has 31 heavy (non-hydrogen) atoms. The smallest absolute Gasteiger partial charge is 0.135 e. The van der Waals surface area contributed by atoms with Gasteiger partial charge in [0.15, 0.2) is 0 Å². The van der Waals surface area contributed by atoms with Gasteiger partial charge in [0, 0.05) is 37.5 Å². The summed E-state index contributed by atoms with van der Waals surface area (Å²) in [6.45, 7) is 5.05. The van der Waals surface area contributed by atoms with Crippen molar-refractivity contribution in [2.24, 2.45) is 0 Å². The van der Waals surface area contributed by atoms with Crippen molar-refractivity contribution in [1.29, 1.82) is 0 Å². The summed E-state index contributed by atoms with van der Waals surface area (Å²) in [5.74, 6) is -0.321. The lowest BCUT2D eigenvalue weighted by Crippen LogP contribution is -3.10. The van der Waals surface area contributed by atoms with Crippen LogP contribution in [0.1, 0.15) is 31.4 Å². The van der Waals surface area contributed by atoms with Gasteiger partial charge in [-0.15, -0.1) is 0 Å². The Balaban J connectivity index is 1.77. The van der Waals surface area contributed by atoms with Gasteiger partial charge in [-0.25, -0.2) is 8.42 Å². The van der Waals surface area contributed by atoms with Gasteiger partial charge < -0.3 is 9.45 Å². The number of fused-ring (bicyclic) bond motifs is 1. The van der Waals surface area contributed by atoms with Crippen molar-refractivity contribution < 1.29 is 17.9 Å². The molecule has 0 bridgehead atoms. The molecule has 1 aliphatic rings. The van der Waals surface area contributed by atoms with Gasteiger partial charge >= 0.3 is 0 Å². The lowest BCUT2D eigenvalue weighted by atomic mass is 9.80. The first kappa shape index (κ1) is 23.3. The summed E-state index contributed by atoms with van der Waals surface area (Å²) in [5.41, 5.74) is 4.66. The van der Waals surface area contributed by atoms with E-state index in [1.54, 1.807) is 0 Å². The van der Waals surface area contributed by atoms with E-state index in [0.29, 0.717) is 13.0 Å². The largest absolute Gasteiger partial charge is 0.748 e.